The fourth-order valence-corrected chi connectivity index (χ4v) is 4.44. The Balaban J connectivity index is 1.45. The number of hydrogen-bond acceptors (Lipinski definition) is 5. The minimum Gasteiger partial charge on any atom is -0.493 e. The molecule has 2 unspecified atom stereocenters. The minimum atomic E-state index is -1.02. The highest BCUT2D eigenvalue weighted by Gasteiger charge is 2.43. The van der Waals surface area contributed by atoms with Gasteiger partial charge in [-0.05, 0) is 36.8 Å². The molecule has 1 N–H and O–H groups in total. The van der Waals surface area contributed by atoms with Gasteiger partial charge in [0.1, 0.15) is 11.8 Å². The summed E-state index contributed by atoms with van der Waals surface area (Å²) in [4.78, 5) is 41.0. The van der Waals surface area contributed by atoms with E-state index in [0.717, 1.165) is 15.8 Å². The number of benzene rings is 3. The molecule has 7 nitrogen and oxygen atoms in total. The van der Waals surface area contributed by atoms with Gasteiger partial charge in [-0.3, -0.25) is 19.3 Å². The van der Waals surface area contributed by atoms with Gasteiger partial charge in [-0.25, -0.2) is 0 Å². The Bertz CT molecular complexity index is 1390. The van der Waals surface area contributed by atoms with E-state index in [0.29, 0.717) is 28.2 Å². The van der Waals surface area contributed by atoms with Crippen molar-refractivity contribution >= 4 is 28.7 Å². The average molecular weight is 469 g/mol. The molecule has 1 aliphatic rings. The quantitative estimate of drug-likeness (QED) is 0.403. The van der Waals surface area contributed by atoms with E-state index in [2.05, 4.69) is 5.32 Å². The van der Waals surface area contributed by atoms with Crippen molar-refractivity contribution in [1.29, 1.82) is 0 Å². The summed E-state index contributed by atoms with van der Waals surface area (Å²) in [7, 11) is 1.57. The summed E-state index contributed by atoms with van der Waals surface area (Å²) >= 11 is 0. The predicted molar refractivity (Wildman–Crippen MR) is 130 cm³/mol. The van der Waals surface area contributed by atoms with E-state index in [1.54, 1.807) is 44.4 Å². The molecular formula is C28H24N2O5. The fraction of sp³-hybridized carbons (Fsp3) is 0.179. The molecule has 0 saturated heterocycles. The summed E-state index contributed by atoms with van der Waals surface area (Å²) < 4.78 is 11.3. The number of carbonyl (C=O) groups excluding carboxylic acids is 3. The third-order valence-corrected chi connectivity index (χ3v) is 6.24. The van der Waals surface area contributed by atoms with Gasteiger partial charge in [-0.15, -0.1) is 0 Å². The van der Waals surface area contributed by atoms with Crippen LogP contribution in [0, 0.1) is 0 Å². The van der Waals surface area contributed by atoms with E-state index in [1.807, 2.05) is 48.5 Å². The van der Waals surface area contributed by atoms with Crippen LogP contribution in [-0.4, -0.2) is 35.8 Å². The first-order valence-corrected chi connectivity index (χ1v) is 11.4. The van der Waals surface area contributed by atoms with Crippen LogP contribution in [0.4, 0.5) is 0 Å². The van der Waals surface area contributed by atoms with Gasteiger partial charge in [0, 0.05) is 11.8 Å². The van der Waals surface area contributed by atoms with Crippen LogP contribution in [0.25, 0.3) is 11.0 Å². The summed E-state index contributed by atoms with van der Waals surface area (Å²) in [5.74, 6) is -0.243. The van der Waals surface area contributed by atoms with Crippen molar-refractivity contribution in [2.45, 2.75) is 25.4 Å². The van der Waals surface area contributed by atoms with Crippen molar-refractivity contribution in [3.05, 3.63) is 101 Å². The third kappa shape index (κ3) is 4.05. The number of nitrogens with zero attached hydrogens (tertiary/aromatic N) is 1. The predicted octanol–water partition coefficient (Wildman–Crippen LogP) is 4.53. The zero-order valence-electron chi connectivity index (χ0n) is 19.4. The number of ether oxygens (including phenoxy) is 1. The van der Waals surface area contributed by atoms with Crippen molar-refractivity contribution in [2.75, 3.05) is 7.11 Å². The topological polar surface area (TPSA) is 88.9 Å². The van der Waals surface area contributed by atoms with E-state index >= 15 is 0 Å². The van der Waals surface area contributed by atoms with E-state index in [4.69, 9.17) is 9.15 Å². The number of furan rings is 1. The molecule has 176 valence electrons. The Labute approximate surface area is 202 Å². The zero-order valence-corrected chi connectivity index (χ0v) is 19.4. The summed E-state index contributed by atoms with van der Waals surface area (Å²) in [5, 5.41) is 3.79. The molecule has 0 bridgehead atoms. The molecule has 0 saturated carbocycles. The Hall–Kier alpha value is -4.39. The molecule has 2 heterocycles. The van der Waals surface area contributed by atoms with E-state index in [1.165, 1.54) is 0 Å². The van der Waals surface area contributed by atoms with Gasteiger partial charge in [-0.2, -0.15) is 0 Å². The zero-order chi connectivity index (χ0) is 24.5. The van der Waals surface area contributed by atoms with Crippen molar-refractivity contribution in [2.24, 2.45) is 0 Å². The van der Waals surface area contributed by atoms with Gasteiger partial charge < -0.3 is 14.5 Å². The Morgan fingerprint density at radius 3 is 2.26 bits per heavy atom. The number of carbonyl (C=O) groups is 3. The monoisotopic (exact) mass is 468 g/mol. The van der Waals surface area contributed by atoms with Crippen molar-refractivity contribution < 1.29 is 23.5 Å². The molecule has 0 fully saturated rings. The highest BCUT2D eigenvalue weighted by atomic mass is 16.5. The van der Waals surface area contributed by atoms with Crippen molar-refractivity contribution in [3.63, 3.8) is 0 Å². The van der Waals surface area contributed by atoms with E-state index in [-0.39, 0.29) is 6.42 Å². The second-order valence-electron chi connectivity index (χ2n) is 8.49. The molecule has 1 aliphatic heterocycles. The Kier molecular flexibility index (Phi) is 5.82. The number of methoxy groups -OCH3 is 1. The number of fused-ring (bicyclic) bond motifs is 2. The maximum atomic E-state index is 13.6. The first-order chi connectivity index (χ1) is 17.0. The first kappa shape index (κ1) is 22.4. The fourth-order valence-electron chi connectivity index (χ4n) is 4.44. The molecule has 7 heteroatoms. The highest BCUT2D eigenvalue weighted by Crippen LogP contribution is 2.31. The van der Waals surface area contributed by atoms with Gasteiger partial charge in [0.25, 0.3) is 11.8 Å². The molecule has 3 aromatic carbocycles. The van der Waals surface area contributed by atoms with Crippen LogP contribution in [-0.2, 0) is 11.2 Å². The van der Waals surface area contributed by atoms with Crippen LogP contribution in [0.3, 0.4) is 0 Å². The smallest absolute Gasteiger partial charge is 0.262 e. The largest absolute Gasteiger partial charge is 0.493 e. The molecule has 0 spiro atoms. The van der Waals surface area contributed by atoms with Gasteiger partial charge >= 0.3 is 0 Å². The molecule has 1 aromatic heterocycles. The van der Waals surface area contributed by atoms with Crippen LogP contribution in [0.1, 0.15) is 45.0 Å². The SMILES string of the molecule is COc1cccc2cc(C(C)NC(=O)C(Cc3ccccc3)N3C(=O)c4ccccc4C3=O)oc12. The molecule has 3 amide bonds. The third-order valence-electron chi connectivity index (χ3n) is 6.24. The number of para-hydroxylation sites is 1. The summed E-state index contributed by atoms with van der Waals surface area (Å²) in [6, 6.07) is 21.8. The van der Waals surface area contributed by atoms with Crippen LogP contribution in [0.2, 0.25) is 0 Å². The van der Waals surface area contributed by atoms with Gasteiger partial charge in [-0.1, -0.05) is 54.6 Å². The molecule has 35 heavy (non-hydrogen) atoms. The number of rotatable bonds is 7. The van der Waals surface area contributed by atoms with Crippen molar-refractivity contribution in [1.82, 2.24) is 10.2 Å². The lowest BCUT2D eigenvalue weighted by atomic mass is 10.0. The number of imide groups is 1. The van der Waals surface area contributed by atoms with Crippen LogP contribution < -0.4 is 10.1 Å². The number of nitrogens with one attached hydrogen (secondary N) is 1. The summed E-state index contributed by atoms with van der Waals surface area (Å²) in [5.41, 5.74) is 2.04. The second kappa shape index (κ2) is 9.10. The summed E-state index contributed by atoms with van der Waals surface area (Å²) in [6.45, 7) is 1.80. The van der Waals surface area contributed by atoms with E-state index < -0.39 is 29.8 Å². The van der Waals surface area contributed by atoms with Gasteiger partial charge in [0.2, 0.25) is 5.91 Å². The minimum absolute atomic E-state index is 0.193. The Morgan fingerprint density at radius 2 is 1.60 bits per heavy atom. The molecular weight excluding hydrogens is 444 g/mol. The van der Waals surface area contributed by atoms with Crippen LogP contribution in [0.5, 0.6) is 5.75 Å². The molecule has 0 radical (unpaired) electrons. The van der Waals surface area contributed by atoms with Crippen LogP contribution >= 0.6 is 0 Å². The van der Waals surface area contributed by atoms with E-state index in [9.17, 15) is 14.4 Å². The molecule has 5 rings (SSSR count). The molecule has 4 aromatic rings. The lowest BCUT2D eigenvalue weighted by molar-refractivity contribution is -0.125. The average Bonchev–Trinajstić information content (AvgIpc) is 3.43. The maximum absolute atomic E-state index is 13.6. The van der Waals surface area contributed by atoms with Crippen molar-refractivity contribution in [3.8, 4) is 5.75 Å². The molecule has 2 atom stereocenters. The normalized spacial score (nSPS) is 14.6. The van der Waals surface area contributed by atoms with Gasteiger partial charge in [0.15, 0.2) is 11.3 Å². The lowest BCUT2D eigenvalue weighted by Gasteiger charge is -2.26. The first-order valence-electron chi connectivity index (χ1n) is 11.4. The second-order valence-corrected chi connectivity index (χ2v) is 8.49. The number of hydrogen-bond donors (Lipinski definition) is 1. The summed E-state index contributed by atoms with van der Waals surface area (Å²) in [6.07, 6.45) is 0.193. The Morgan fingerprint density at radius 1 is 0.943 bits per heavy atom. The number of amides is 3. The van der Waals surface area contributed by atoms with Gasteiger partial charge in [0.05, 0.1) is 24.3 Å². The highest BCUT2D eigenvalue weighted by molar-refractivity contribution is 6.22. The molecule has 0 aliphatic carbocycles. The van der Waals surface area contributed by atoms with Crippen LogP contribution in [0.15, 0.2) is 83.3 Å². The maximum Gasteiger partial charge on any atom is 0.262 e. The lowest BCUT2D eigenvalue weighted by Crippen LogP contribution is -2.51. The standard InChI is InChI=1S/C28H24N2O5/c1-17(24-16-19-11-8-14-23(34-2)25(19)35-24)29-26(31)22(15-18-9-4-3-5-10-18)30-27(32)20-12-6-7-13-21(20)28(30)33/h3-14,16-17,22H,15H2,1-2H3,(H,29,31).